The number of nitrogens with zero attached hydrogens (tertiary/aromatic N) is 3. The minimum absolute atomic E-state index is 0.216. The Morgan fingerprint density at radius 3 is 2.63 bits per heavy atom. The maximum absolute atomic E-state index is 12.6. The number of aromatic nitrogens is 4. The van der Waals surface area contributed by atoms with E-state index in [2.05, 4.69) is 46.0 Å². The van der Waals surface area contributed by atoms with Crippen LogP contribution >= 0.6 is 11.6 Å². The normalized spacial score (nSPS) is 11.0. The van der Waals surface area contributed by atoms with Crippen molar-refractivity contribution in [3.8, 4) is 11.4 Å². The van der Waals surface area contributed by atoms with Gasteiger partial charge in [0.25, 0.3) is 11.3 Å². The second kappa shape index (κ2) is 8.16. The van der Waals surface area contributed by atoms with Gasteiger partial charge in [0.15, 0.2) is 5.82 Å². The molecule has 2 aromatic heterocycles. The zero-order chi connectivity index (χ0) is 21.3. The average Bonchev–Trinajstić information content (AvgIpc) is 3.17. The Bertz CT molecular complexity index is 1290. The van der Waals surface area contributed by atoms with Gasteiger partial charge in [-0.25, -0.2) is 4.98 Å². The molecule has 0 spiro atoms. The summed E-state index contributed by atoms with van der Waals surface area (Å²) in [5, 5.41) is 6.95. The maximum Gasteiger partial charge on any atom is 0.274 e. The molecule has 0 amide bonds. The van der Waals surface area contributed by atoms with Gasteiger partial charge in [0.2, 0.25) is 0 Å². The zero-order valence-electron chi connectivity index (χ0n) is 16.9. The lowest BCUT2D eigenvalue weighted by molar-refractivity contribution is 0.878. The molecule has 2 N–H and O–H groups in total. The van der Waals surface area contributed by atoms with Gasteiger partial charge in [0.1, 0.15) is 0 Å². The molecule has 0 radical (unpaired) electrons. The van der Waals surface area contributed by atoms with E-state index in [1.165, 1.54) is 16.1 Å². The number of benzene rings is 2. The van der Waals surface area contributed by atoms with Crippen molar-refractivity contribution < 1.29 is 0 Å². The highest BCUT2D eigenvalue weighted by molar-refractivity contribution is 6.31. The molecule has 6 nitrogen and oxygen atoms in total. The quantitative estimate of drug-likeness (QED) is 0.464. The van der Waals surface area contributed by atoms with Crippen molar-refractivity contribution in [3.63, 3.8) is 0 Å². The highest BCUT2D eigenvalue weighted by Gasteiger charge is 2.11. The molecule has 0 bridgehead atoms. The van der Waals surface area contributed by atoms with Crippen LogP contribution in [0.1, 0.15) is 30.7 Å². The molecule has 2 aromatic carbocycles. The number of rotatable bonds is 6. The second-order valence-corrected chi connectivity index (χ2v) is 7.60. The number of H-pyrrole nitrogens is 1. The van der Waals surface area contributed by atoms with Crippen LogP contribution in [0.4, 0.5) is 5.69 Å². The molecule has 7 heteroatoms. The Hall–Kier alpha value is -3.38. The second-order valence-electron chi connectivity index (χ2n) is 7.17. The molecule has 0 saturated carbocycles. The summed E-state index contributed by atoms with van der Waals surface area (Å²) in [6.07, 6.45) is 0.970. The number of fused-ring (bicyclic) bond motifs is 1. The van der Waals surface area contributed by atoms with Crippen LogP contribution in [-0.2, 0) is 13.0 Å². The predicted molar refractivity (Wildman–Crippen MR) is 122 cm³/mol. The van der Waals surface area contributed by atoms with E-state index >= 15 is 0 Å². The fraction of sp³-hybridized carbons (Fsp3) is 0.174. The van der Waals surface area contributed by atoms with Crippen LogP contribution in [-0.4, -0.2) is 19.6 Å². The fourth-order valence-electron chi connectivity index (χ4n) is 3.27. The number of nitrogens with one attached hydrogen (secondary N) is 2. The lowest BCUT2D eigenvalue weighted by Crippen LogP contribution is -2.17. The fourth-order valence-corrected chi connectivity index (χ4v) is 3.44. The van der Waals surface area contributed by atoms with Gasteiger partial charge in [-0.15, -0.1) is 0 Å². The molecular formula is C23H22ClN5O. The largest absolute Gasteiger partial charge is 0.379 e. The monoisotopic (exact) mass is 419 g/mol. The minimum atomic E-state index is -0.216. The lowest BCUT2D eigenvalue weighted by atomic mass is 10.1. The summed E-state index contributed by atoms with van der Waals surface area (Å²) in [4.78, 5) is 21.6. The topological polar surface area (TPSA) is 75.1 Å². The van der Waals surface area contributed by atoms with Crippen molar-refractivity contribution in [2.45, 2.75) is 26.8 Å². The van der Waals surface area contributed by atoms with E-state index in [1.54, 1.807) is 0 Å². The Balaban J connectivity index is 1.63. The molecule has 0 aliphatic carbocycles. The number of hydrogen-bond acceptors (Lipinski definition) is 4. The molecule has 0 saturated heterocycles. The molecule has 30 heavy (non-hydrogen) atoms. The molecular weight excluding hydrogens is 398 g/mol. The third kappa shape index (κ3) is 4.00. The van der Waals surface area contributed by atoms with Gasteiger partial charge in [-0.3, -0.25) is 9.89 Å². The van der Waals surface area contributed by atoms with E-state index in [-0.39, 0.29) is 5.56 Å². The molecule has 0 atom stereocenters. The molecule has 4 rings (SSSR count). The summed E-state index contributed by atoms with van der Waals surface area (Å²) in [7, 11) is 0. The van der Waals surface area contributed by atoms with E-state index in [1.807, 2.05) is 37.3 Å². The third-order valence-electron chi connectivity index (χ3n) is 4.92. The molecule has 0 unspecified atom stereocenters. The van der Waals surface area contributed by atoms with Gasteiger partial charge in [0, 0.05) is 27.9 Å². The van der Waals surface area contributed by atoms with Crippen molar-refractivity contribution in [1.82, 2.24) is 19.6 Å². The predicted octanol–water partition coefficient (Wildman–Crippen LogP) is 4.95. The molecule has 4 aromatic rings. The van der Waals surface area contributed by atoms with Crippen LogP contribution in [0.15, 0.2) is 59.9 Å². The van der Waals surface area contributed by atoms with Crippen LogP contribution in [0.25, 0.3) is 22.7 Å². The summed E-state index contributed by atoms with van der Waals surface area (Å²) in [5.41, 5.74) is 5.25. The van der Waals surface area contributed by atoms with E-state index < -0.39 is 0 Å². The smallest absolute Gasteiger partial charge is 0.274 e. The summed E-state index contributed by atoms with van der Waals surface area (Å²) in [6, 6.07) is 15.2. The van der Waals surface area contributed by atoms with Crippen LogP contribution in [0.3, 0.4) is 0 Å². The maximum atomic E-state index is 12.6. The van der Waals surface area contributed by atoms with E-state index in [4.69, 9.17) is 11.6 Å². The first-order valence-electron chi connectivity index (χ1n) is 9.72. The summed E-state index contributed by atoms with van der Waals surface area (Å²) in [6.45, 7) is 8.41. The Morgan fingerprint density at radius 2 is 1.93 bits per heavy atom. The van der Waals surface area contributed by atoms with Gasteiger partial charge in [0.05, 0.1) is 12.2 Å². The summed E-state index contributed by atoms with van der Waals surface area (Å²) in [5.74, 6) is 0.937. The Morgan fingerprint density at radius 1 is 1.17 bits per heavy atom. The van der Waals surface area contributed by atoms with Gasteiger partial charge in [-0.2, -0.15) is 9.50 Å². The average molecular weight is 420 g/mol. The van der Waals surface area contributed by atoms with Crippen molar-refractivity contribution in [3.05, 3.63) is 87.3 Å². The van der Waals surface area contributed by atoms with Crippen molar-refractivity contribution in [2.24, 2.45) is 0 Å². The molecule has 0 aliphatic rings. The van der Waals surface area contributed by atoms with Crippen molar-refractivity contribution in [1.29, 1.82) is 0 Å². The zero-order valence-corrected chi connectivity index (χ0v) is 17.6. The number of aromatic amines is 1. The van der Waals surface area contributed by atoms with E-state index in [0.29, 0.717) is 28.9 Å². The van der Waals surface area contributed by atoms with Crippen LogP contribution < -0.4 is 10.9 Å². The minimum Gasteiger partial charge on any atom is -0.379 e. The Kier molecular flexibility index (Phi) is 5.42. The van der Waals surface area contributed by atoms with Gasteiger partial charge in [-0.05, 0) is 36.6 Å². The van der Waals surface area contributed by atoms with E-state index in [9.17, 15) is 4.79 Å². The SMILES string of the molecule is C=C(C)c1ccc(Cl)cc1NCc1cc(=O)n2[nH]c(-c3ccc(CC)cc3)nc2n1. The number of anilines is 1. The van der Waals surface area contributed by atoms with Gasteiger partial charge < -0.3 is 5.32 Å². The molecule has 0 aliphatic heterocycles. The number of hydrogen-bond donors (Lipinski definition) is 2. The van der Waals surface area contributed by atoms with Gasteiger partial charge >= 0.3 is 0 Å². The Labute approximate surface area is 179 Å². The number of aryl methyl sites for hydroxylation is 1. The number of allylic oxidation sites excluding steroid dienone is 1. The van der Waals surface area contributed by atoms with E-state index in [0.717, 1.165) is 28.8 Å². The van der Waals surface area contributed by atoms with Gasteiger partial charge in [-0.1, -0.05) is 55.4 Å². The molecule has 152 valence electrons. The summed E-state index contributed by atoms with van der Waals surface area (Å²) >= 11 is 6.13. The molecule has 2 heterocycles. The summed E-state index contributed by atoms with van der Waals surface area (Å²) < 4.78 is 1.35. The van der Waals surface area contributed by atoms with Crippen LogP contribution in [0.2, 0.25) is 5.02 Å². The highest BCUT2D eigenvalue weighted by Crippen LogP contribution is 2.26. The molecule has 0 fully saturated rings. The van der Waals surface area contributed by atoms with Crippen molar-refractivity contribution in [2.75, 3.05) is 5.32 Å². The standard InChI is InChI=1S/C23H22ClN5O/c1-4-15-5-7-16(8-6-15)22-27-23-26-18(12-21(30)29(23)28-22)13-25-20-11-17(24)9-10-19(20)14(2)3/h5-12,25H,2,4,13H2,1,3H3,(H,26,27,28). The lowest BCUT2D eigenvalue weighted by Gasteiger charge is -2.12. The first kappa shape index (κ1) is 19.9. The van der Waals surface area contributed by atoms with Crippen LogP contribution in [0, 0.1) is 0 Å². The first-order chi connectivity index (χ1) is 14.4. The van der Waals surface area contributed by atoms with Crippen molar-refractivity contribution >= 4 is 28.6 Å². The number of halogens is 1. The highest BCUT2D eigenvalue weighted by atomic mass is 35.5. The third-order valence-corrected chi connectivity index (χ3v) is 5.16. The first-order valence-corrected chi connectivity index (χ1v) is 10.1. The van der Waals surface area contributed by atoms with Crippen LogP contribution in [0.5, 0.6) is 0 Å².